The molecule has 74 valence electrons. The number of alkyl halides is 1. The van der Waals surface area contributed by atoms with Crippen molar-refractivity contribution < 1.29 is 0 Å². The summed E-state index contributed by atoms with van der Waals surface area (Å²) in [5, 5.41) is 1.07. The predicted octanol–water partition coefficient (Wildman–Crippen LogP) is 2.84. The van der Waals surface area contributed by atoms with Crippen molar-refractivity contribution in [2.45, 2.75) is 26.3 Å². The molecule has 1 nitrogen and oxygen atoms in total. The molecule has 0 radical (unpaired) electrons. The van der Waals surface area contributed by atoms with Gasteiger partial charge in [-0.2, -0.15) is 11.8 Å². The standard InChI is InChI=1S/C9H20BrNS/c1-4-12-7-5-6-11(3)9(2)8-10/h9H,4-8H2,1-3H3. The first kappa shape index (κ1) is 12.8. The molecule has 0 aromatic rings. The normalized spacial score (nSPS) is 13.8. The molecule has 0 N–H and O–H groups in total. The summed E-state index contributed by atoms with van der Waals surface area (Å²) in [6, 6.07) is 0.664. The Morgan fingerprint density at radius 1 is 1.50 bits per heavy atom. The minimum absolute atomic E-state index is 0.664. The summed E-state index contributed by atoms with van der Waals surface area (Å²) in [6.45, 7) is 5.69. The number of hydrogen-bond donors (Lipinski definition) is 0. The maximum atomic E-state index is 3.49. The van der Waals surface area contributed by atoms with Crippen LogP contribution >= 0.6 is 27.7 Å². The van der Waals surface area contributed by atoms with Gasteiger partial charge in [-0.25, -0.2) is 0 Å². The van der Waals surface area contributed by atoms with Crippen LogP contribution in [0.25, 0.3) is 0 Å². The van der Waals surface area contributed by atoms with E-state index >= 15 is 0 Å². The first-order chi connectivity index (χ1) is 5.72. The molecule has 0 saturated heterocycles. The van der Waals surface area contributed by atoms with Crippen LogP contribution in [0, 0.1) is 0 Å². The van der Waals surface area contributed by atoms with E-state index in [1.807, 2.05) is 11.8 Å². The maximum absolute atomic E-state index is 3.49. The van der Waals surface area contributed by atoms with Crippen molar-refractivity contribution in [1.29, 1.82) is 0 Å². The molecule has 1 unspecified atom stereocenters. The van der Waals surface area contributed by atoms with E-state index in [0.29, 0.717) is 6.04 Å². The minimum atomic E-state index is 0.664. The fourth-order valence-corrected chi connectivity index (χ4v) is 2.01. The van der Waals surface area contributed by atoms with E-state index in [-0.39, 0.29) is 0 Å². The van der Waals surface area contributed by atoms with Crippen LogP contribution in [0.3, 0.4) is 0 Å². The van der Waals surface area contributed by atoms with Gasteiger partial charge in [-0.15, -0.1) is 0 Å². The highest BCUT2D eigenvalue weighted by molar-refractivity contribution is 9.09. The van der Waals surface area contributed by atoms with Gasteiger partial charge in [0.1, 0.15) is 0 Å². The van der Waals surface area contributed by atoms with Gasteiger partial charge >= 0.3 is 0 Å². The zero-order valence-corrected chi connectivity index (χ0v) is 10.7. The summed E-state index contributed by atoms with van der Waals surface area (Å²) in [5.74, 6) is 2.55. The Kier molecular flexibility index (Phi) is 8.94. The molecular weight excluding hydrogens is 234 g/mol. The molecule has 1 atom stereocenters. The van der Waals surface area contributed by atoms with Crippen LogP contribution in [0.2, 0.25) is 0 Å². The van der Waals surface area contributed by atoms with Crippen molar-refractivity contribution in [2.75, 3.05) is 30.4 Å². The summed E-state index contributed by atoms with van der Waals surface area (Å²) in [4.78, 5) is 2.41. The summed E-state index contributed by atoms with van der Waals surface area (Å²) < 4.78 is 0. The summed E-state index contributed by atoms with van der Waals surface area (Å²) in [5.41, 5.74) is 0. The topological polar surface area (TPSA) is 3.24 Å². The van der Waals surface area contributed by atoms with Gasteiger partial charge < -0.3 is 4.90 Å². The Bertz CT molecular complexity index is 101. The van der Waals surface area contributed by atoms with Crippen molar-refractivity contribution in [2.24, 2.45) is 0 Å². The Labute approximate surface area is 89.4 Å². The van der Waals surface area contributed by atoms with E-state index in [1.54, 1.807) is 0 Å². The highest BCUT2D eigenvalue weighted by atomic mass is 79.9. The van der Waals surface area contributed by atoms with Gasteiger partial charge in [-0.1, -0.05) is 22.9 Å². The lowest BCUT2D eigenvalue weighted by atomic mass is 10.3. The molecule has 0 aliphatic carbocycles. The van der Waals surface area contributed by atoms with Crippen LogP contribution in [0.5, 0.6) is 0 Å². The molecule has 3 heteroatoms. The second-order valence-electron chi connectivity index (χ2n) is 3.03. The largest absolute Gasteiger partial charge is 0.303 e. The van der Waals surface area contributed by atoms with E-state index in [9.17, 15) is 0 Å². The number of rotatable bonds is 7. The number of nitrogens with zero attached hydrogens (tertiary/aromatic N) is 1. The Hall–Kier alpha value is 0.790. The molecule has 0 fully saturated rings. The monoisotopic (exact) mass is 253 g/mol. The smallest absolute Gasteiger partial charge is 0.0185 e. The lowest BCUT2D eigenvalue weighted by Gasteiger charge is -2.22. The molecule has 0 bridgehead atoms. The predicted molar refractivity (Wildman–Crippen MR) is 63.5 cm³/mol. The van der Waals surface area contributed by atoms with Crippen molar-refractivity contribution in [1.82, 2.24) is 4.90 Å². The maximum Gasteiger partial charge on any atom is 0.0185 e. The first-order valence-corrected chi connectivity index (χ1v) is 6.84. The van der Waals surface area contributed by atoms with Crippen molar-refractivity contribution in [3.63, 3.8) is 0 Å². The highest BCUT2D eigenvalue weighted by Gasteiger charge is 2.05. The van der Waals surface area contributed by atoms with Crippen LogP contribution in [0.1, 0.15) is 20.3 Å². The van der Waals surface area contributed by atoms with E-state index in [0.717, 1.165) is 5.33 Å². The zero-order valence-electron chi connectivity index (χ0n) is 8.35. The second-order valence-corrected chi connectivity index (χ2v) is 5.08. The van der Waals surface area contributed by atoms with Crippen molar-refractivity contribution >= 4 is 27.7 Å². The van der Waals surface area contributed by atoms with Gasteiger partial charge in [0.25, 0.3) is 0 Å². The molecule has 0 heterocycles. The van der Waals surface area contributed by atoms with Crippen LogP contribution in [-0.2, 0) is 0 Å². The van der Waals surface area contributed by atoms with Gasteiger partial charge in [0.15, 0.2) is 0 Å². The van der Waals surface area contributed by atoms with E-state index in [1.165, 1.54) is 24.5 Å². The number of halogens is 1. The summed E-state index contributed by atoms with van der Waals surface area (Å²) in [7, 11) is 2.20. The summed E-state index contributed by atoms with van der Waals surface area (Å²) >= 11 is 5.52. The highest BCUT2D eigenvalue weighted by Crippen LogP contribution is 2.04. The molecule has 12 heavy (non-hydrogen) atoms. The lowest BCUT2D eigenvalue weighted by Crippen LogP contribution is -2.31. The molecule has 0 aromatic carbocycles. The van der Waals surface area contributed by atoms with Gasteiger partial charge in [-0.05, 0) is 38.4 Å². The van der Waals surface area contributed by atoms with Gasteiger partial charge in [0.2, 0.25) is 0 Å². The second kappa shape index (κ2) is 8.39. The Morgan fingerprint density at radius 2 is 2.17 bits per heavy atom. The van der Waals surface area contributed by atoms with Crippen molar-refractivity contribution in [3.05, 3.63) is 0 Å². The van der Waals surface area contributed by atoms with Gasteiger partial charge in [0, 0.05) is 11.4 Å². The lowest BCUT2D eigenvalue weighted by molar-refractivity contribution is 0.280. The third-order valence-corrected chi connectivity index (χ3v) is 3.90. The average molecular weight is 254 g/mol. The molecule has 0 saturated carbocycles. The van der Waals surface area contributed by atoms with Crippen LogP contribution < -0.4 is 0 Å². The molecule has 0 rings (SSSR count). The molecule has 0 amide bonds. The number of hydrogen-bond acceptors (Lipinski definition) is 2. The quantitative estimate of drug-likeness (QED) is 0.507. The van der Waals surface area contributed by atoms with E-state index in [4.69, 9.17) is 0 Å². The average Bonchev–Trinajstić information content (AvgIpc) is 2.10. The van der Waals surface area contributed by atoms with E-state index in [2.05, 4.69) is 41.7 Å². The fraction of sp³-hybridized carbons (Fsp3) is 1.00. The Balaban J connectivity index is 3.24. The Morgan fingerprint density at radius 3 is 2.67 bits per heavy atom. The SMILES string of the molecule is CCSCCCN(C)C(C)CBr. The van der Waals surface area contributed by atoms with Gasteiger partial charge in [0.05, 0.1) is 0 Å². The number of thioether (sulfide) groups is 1. The molecule has 0 aliphatic heterocycles. The molecular formula is C9H20BrNS. The first-order valence-electron chi connectivity index (χ1n) is 4.56. The van der Waals surface area contributed by atoms with Crippen LogP contribution in [-0.4, -0.2) is 41.4 Å². The zero-order chi connectivity index (χ0) is 9.40. The minimum Gasteiger partial charge on any atom is -0.303 e. The third kappa shape index (κ3) is 6.32. The molecule has 0 aliphatic rings. The van der Waals surface area contributed by atoms with Crippen molar-refractivity contribution in [3.8, 4) is 0 Å². The third-order valence-electron chi connectivity index (χ3n) is 1.98. The summed E-state index contributed by atoms with van der Waals surface area (Å²) in [6.07, 6.45) is 1.31. The van der Waals surface area contributed by atoms with Crippen LogP contribution in [0.15, 0.2) is 0 Å². The van der Waals surface area contributed by atoms with E-state index < -0.39 is 0 Å². The molecule has 0 spiro atoms. The van der Waals surface area contributed by atoms with Crippen LogP contribution in [0.4, 0.5) is 0 Å². The fourth-order valence-electron chi connectivity index (χ4n) is 0.899. The molecule has 0 aromatic heterocycles. The van der Waals surface area contributed by atoms with Gasteiger partial charge in [-0.3, -0.25) is 0 Å².